The largest absolute Gasteiger partial charge is 0.494 e. The van der Waals surface area contributed by atoms with Crippen molar-refractivity contribution in [2.75, 3.05) is 11.9 Å². The van der Waals surface area contributed by atoms with Gasteiger partial charge in [0.25, 0.3) is 5.91 Å². The number of aryl methyl sites for hydroxylation is 1. The summed E-state index contributed by atoms with van der Waals surface area (Å²) in [6.45, 7) is 4.82. The van der Waals surface area contributed by atoms with Crippen molar-refractivity contribution in [3.05, 3.63) is 75.4 Å². The summed E-state index contributed by atoms with van der Waals surface area (Å²) in [5.41, 5.74) is 2.20. The number of hydrogen-bond donors (Lipinski definition) is 1. The van der Waals surface area contributed by atoms with E-state index in [1.165, 1.54) is 0 Å². The van der Waals surface area contributed by atoms with Gasteiger partial charge in [0.1, 0.15) is 5.75 Å². The van der Waals surface area contributed by atoms with Gasteiger partial charge in [-0.05, 0) is 50.2 Å². The smallest absolute Gasteiger partial charge is 0.256 e. The third-order valence-electron chi connectivity index (χ3n) is 4.02. The molecule has 0 atom stereocenters. The van der Waals surface area contributed by atoms with Crippen LogP contribution in [0, 0.1) is 6.92 Å². The molecule has 0 saturated heterocycles. The molecule has 7 heteroatoms. The highest BCUT2D eigenvalue weighted by atomic mass is 35.5. The molecule has 0 aliphatic carbocycles. The first kappa shape index (κ1) is 19.3. The van der Waals surface area contributed by atoms with E-state index >= 15 is 0 Å². The maximum atomic E-state index is 12.4. The van der Waals surface area contributed by atoms with E-state index in [4.69, 9.17) is 27.9 Å². The van der Waals surface area contributed by atoms with Gasteiger partial charge in [0.05, 0.1) is 13.2 Å². The lowest BCUT2D eigenvalue weighted by Gasteiger charge is -2.08. The lowest BCUT2D eigenvalue weighted by molar-refractivity contribution is 0.102. The Bertz CT molecular complexity index is 932. The standard InChI is InChI=1S/C20H19Cl2N3O2/c1-3-27-15-9-7-14(8-10-15)20(26)23-19-11-13(2)25(24-19)12-16-17(21)5-4-6-18(16)22/h4-11H,3,12H2,1-2H3,(H,23,24,26). The molecule has 0 saturated carbocycles. The molecule has 0 aliphatic heterocycles. The number of nitrogens with one attached hydrogen (secondary N) is 1. The van der Waals surface area contributed by atoms with Gasteiger partial charge in [-0.15, -0.1) is 0 Å². The van der Waals surface area contributed by atoms with E-state index in [1.807, 2.05) is 13.8 Å². The first-order valence-electron chi connectivity index (χ1n) is 8.49. The molecule has 0 fully saturated rings. The quantitative estimate of drug-likeness (QED) is 0.615. The molecule has 0 spiro atoms. The number of halogens is 2. The van der Waals surface area contributed by atoms with E-state index in [1.54, 1.807) is 53.2 Å². The second kappa shape index (κ2) is 8.46. The van der Waals surface area contributed by atoms with Crippen LogP contribution in [0.5, 0.6) is 5.75 Å². The van der Waals surface area contributed by atoms with Crippen LogP contribution in [-0.4, -0.2) is 22.3 Å². The summed E-state index contributed by atoms with van der Waals surface area (Å²) >= 11 is 12.5. The van der Waals surface area contributed by atoms with Crippen LogP contribution in [0.1, 0.15) is 28.5 Å². The van der Waals surface area contributed by atoms with Gasteiger partial charge < -0.3 is 10.1 Å². The topological polar surface area (TPSA) is 56.1 Å². The van der Waals surface area contributed by atoms with E-state index < -0.39 is 0 Å². The second-order valence-corrected chi connectivity index (χ2v) is 6.75. The van der Waals surface area contributed by atoms with E-state index in [-0.39, 0.29) is 5.91 Å². The summed E-state index contributed by atoms with van der Waals surface area (Å²) in [6, 6.07) is 14.1. The van der Waals surface area contributed by atoms with Crippen molar-refractivity contribution >= 4 is 34.9 Å². The van der Waals surface area contributed by atoms with Crippen molar-refractivity contribution in [2.24, 2.45) is 0 Å². The second-order valence-electron chi connectivity index (χ2n) is 5.94. The Balaban J connectivity index is 1.73. The van der Waals surface area contributed by atoms with Crippen LogP contribution in [0.3, 0.4) is 0 Å². The first-order valence-corrected chi connectivity index (χ1v) is 9.25. The Kier molecular flexibility index (Phi) is 6.04. The van der Waals surface area contributed by atoms with Gasteiger partial charge in [-0.25, -0.2) is 0 Å². The fourth-order valence-corrected chi connectivity index (χ4v) is 3.14. The van der Waals surface area contributed by atoms with Gasteiger partial charge in [0.2, 0.25) is 0 Å². The molecule has 1 amide bonds. The van der Waals surface area contributed by atoms with Gasteiger partial charge in [-0.1, -0.05) is 29.3 Å². The summed E-state index contributed by atoms with van der Waals surface area (Å²) in [5.74, 6) is 0.957. The van der Waals surface area contributed by atoms with Crippen molar-refractivity contribution < 1.29 is 9.53 Å². The summed E-state index contributed by atoms with van der Waals surface area (Å²) in [6.07, 6.45) is 0. The molecule has 1 N–H and O–H groups in total. The minimum atomic E-state index is -0.238. The summed E-state index contributed by atoms with van der Waals surface area (Å²) in [7, 11) is 0. The molecule has 2 aromatic carbocycles. The van der Waals surface area contributed by atoms with Crippen LogP contribution in [0.25, 0.3) is 0 Å². The predicted octanol–water partition coefficient (Wildman–Crippen LogP) is 5.20. The van der Waals surface area contributed by atoms with Gasteiger partial charge in [0, 0.05) is 32.9 Å². The Morgan fingerprint density at radius 2 is 1.81 bits per heavy atom. The minimum absolute atomic E-state index is 0.238. The van der Waals surface area contributed by atoms with Crippen molar-refractivity contribution in [1.29, 1.82) is 0 Å². The molecule has 0 aliphatic rings. The summed E-state index contributed by atoms with van der Waals surface area (Å²) < 4.78 is 7.14. The molecule has 5 nitrogen and oxygen atoms in total. The number of anilines is 1. The Morgan fingerprint density at radius 3 is 2.44 bits per heavy atom. The lowest BCUT2D eigenvalue weighted by atomic mass is 10.2. The molecule has 0 unspecified atom stereocenters. The normalized spacial score (nSPS) is 10.7. The zero-order valence-corrected chi connectivity index (χ0v) is 16.5. The van der Waals surface area contributed by atoms with Gasteiger partial charge in [0.15, 0.2) is 5.82 Å². The number of rotatable bonds is 6. The number of benzene rings is 2. The fraction of sp³-hybridized carbons (Fsp3) is 0.200. The monoisotopic (exact) mass is 403 g/mol. The maximum absolute atomic E-state index is 12.4. The molecule has 0 radical (unpaired) electrons. The SMILES string of the molecule is CCOc1ccc(C(=O)Nc2cc(C)n(Cc3c(Cl)cccc3Cl)n2)cc1. The Morgan fingerprint density at radius 1 is 1.15 bits per heavy atom. The molecular formula is C20H19Cl2N3O2. The van der Waals surface area contributed by atoms with Crippen molar-refractivity contribution in [2.45, 2.75) is 20.4 Å². The number of ether oxygens (including phenoxy) is 1. The molecule has 140 valence electrons. The van der Waals surface area contributed by atoms with Crippen LogP contribution in [0.4, 0.5) is 5.82 Å². The number of carbonyl (C=O) groups excluding carboxylic acids is 1. The van der Waals surface area contributed by atoms with E-state index in [9.17, 15) is 4.79 Å². The van der Waals surface area contributed by atoms with Crippen LogP contribution >= 0.6 is 23.2 Å². The van der Waals surface area contributed by atoms with Gasteiger partial charge in [-0.2, -0.15) is 5.10 Å². The highest BCUT2D eigenvalue weighted by molar-refractivity contribution is 6.35. The molecule has 3 aromatic rings. The third kappa shape index (κ3) is 4.62. The van der Waals surface area contributed by atoms with Crippen LogP contribution in [0.2, 0.25) is 10.0 Å². The van der Waals surface area contributed by atoms with Crippen LogP contribution in [0.15, 0.2) is 48.5 Å². The fourth-order valence-electron chi connectivity index (χ4n) is 2.62. The zero-order valence-electron chi connectivity index (χ0n) is 15.0. The first-order chi connectivity index (χ1) is 13.0. The Labute approximate surface area is 167 Å². The average Bonchev–Trinajstić information content (AvgIpc) is 2.98. The van der Waals surface area contributed by atoms with Crippen molar-refractivity contribution in [1.82, 2.24) is 9.78 Å². The van der Waals surface area contributed by atoms with E-state index in [2.05, 4.69) is 10.4 Å². The number of aromatic nitrogens is 2. The average molecular weight is 404 g/mol. The maximum Gasteiger partial charge on any atom is 0.256 e. The van der Waals surface area contributed by atoms with E-state index in [0.717, 1.165) is 17.0 Å². The van der Waals surface area contributed by atoms with Gasteiger partial charge in [-0.3, -0.25) is 9.48 Å². The number of amides is 1. The zero-order chi connectivity index (χ0) is 19.4. The molecule has 3 rings (SSSR count). The molecule has 1 heterocycles. The van der Waals surface area contributed by atoms with Crippen LogP contribution in [-0.2, 0) is 6.54 Å². The van der Waals surface area contributed by atoms with Crippen molar-refractivity contribution in [3.63, 3.8) is 0 Å². The third-order valence-corrected chi connectivity index (χ3v) is 4.73. The number of hydrogen-bond acceptors (Lipinski definition) is 3. The summed E-state index contributed by atoms with van der Waals surface area (Å²) in [4.78, 5) is 12.4. The summed E-state index contributed by atoms with van der Waals surface area (Å²) in [5, 5.41) is 8.41. The predicted molar refractivity (Wildman–Crippen MR) is 108 cm³/mol. The van der Waals surface area contributed by atoms with E-state index in [0.29, 0.717) is 34.6 Å². The number of carbonyl (C=O) groups is 1. The minimum Gasteiger partial charge on any atom is -0.494 e. The molecule has 0 bridgehead atoms. The molecular weight excluding hydrogens is 385 g/mol. The lowest BCUT2D eigenvalue weighted by Crippen LogP contribution is -2.13. The number of nitrogens with zero attached hydrogens (tertiary/aromatic N) is 2. The molecule has 27 heavy (non-hydrogen) atoms. The highest BCUT2D eigenvalue weighted by Crippen LogP contribution is 2.26. The molecule has 1 aromatic heterocycles. The Hall–Kier alpha value is -2.50. The highest BCUT2D eigenvalue weighted by Gasteiger charge is 2.13. The van der Waals surface area contributed by atoms with Gasteiger partial charge >= 0.3 is 0 Å². The van der Waals surface area contributed by atoms with Crippen LogP contribution < -0.4 is 10.1 Å². The van der Waals surface area contributed by atoms with Crippen molar-refractivity contribution in [3.8, 4) is 5.75 Å².